The molecule has 0 heterocycles. The Balaban J connectivity index is 2.61. The van der Waals surface area contributed by atoms with E-state index in [0.717, 1.165) is 11.6 Å². The fraction of sp³-hybridized carbons (Fsp3) is 0.167. The zero-order chi connectivity index (χ0) is 15.1. The number of phenolic OH excluding ortho intramolecular Hbond substituents is 1. The Morgan fingerprint density at radius 3 is 2.40 bits per heavy atom. The first-order valence-electron chi connectivity index (χ1n) is 5.34. The number of halogens is 3. The molecule has 0 radical (unpaired) electrons. The fourth-order valence-corrected chi connectivity index (χ4v) is 2.14. The second-order valence-corrected chi connectivity index (χ2v) is 5.69. The van der Waals surface area contributed by atoms with Crippen molar-refractivity contribution in [2.24, 2.45) is 0 Å². The monoisotopic (exact) mass is 306 g/mol. The quantitative estimate of drug-likeness (QED) is 0.684. The smallest absolute Gasteiger partial charge is 0.508 e. The molecule has 8 heteroatoms. The maximum Gasteiger partial charge on any atom is 0.534 e. The van der Waals surface area contributed by atoms with Gasteiger partial charge in [0.15, 0.2) is 5.75 Å². The molecule has 0 aliphatic carbocycles. The van der Waals surface area contributed by atoms with Gasteiger partial charge in [0.1, 0.15) is 5.75 Å². The molecule has 0 aliphatic rings. The van der Waals surface area contributed by atoms with Gasteiger partial charge in [-0.25, -0.2) is 0 Å². The second-order valence-electron chi connectivity index (χ2n) is 4.15. The predicted octanol–water partition coefficient (Wildman–Crippen LogP) is 3.08. The summed E-state index contributed by atoms with van der Waals surface area (Å²) in [6, 6.07) is 6.72. The number of hydrogen-bond donors (Lipinski definition) is 1. The Bertz CT molecular complexity index is 761. The molecule has 0 spiro atoms. The highest BCUT2D eigenvalue weighted by Crippen LogP contribution is 2.35. The van der Waals surface area contributed by atoms with Crippen LogP contribution in [0.4, 0.5) is 13.2 Å². The lowest BCUT2D eigenvalue weighted by Gasteiger charge is -2.12. The lowest BCUT2D eigenvalue weighted by Crippen LogP contribution is -2.28. The Morgan fingerprint density at radius 1 is 1.15 bits per heavy atom. The topological polar surface area (TPSA) is 63.6 Å². The van der Waals surface area contributed by atoms with Gasteiger partial charge < -0.3 is 9.29 Å². The molecule has 1 N–H and O–H groups in total. The zero-order valence-electron chi connectivity index (χ0n) is 10.1. The van der Waals surface area contributed by atoms with Gasteiger partial charge in [-0.1, -0.05) is 23.8 Å². The van der Waals surface area contributed by atoms with E-state index in [0.29, 0.717) is 5.39 Å². The summed E-state index contributed by atoms with van der Waals surface area (Å²) in [5, 5.41) is 9.97. The summed E-state index contributed by atoms with van der Waals surface area (Å²) in [4.78, 5) is 0. The van der Waals surface area contributed by atoms with Crippen LogP contribution < -0.4 is 4.18 Å². The molecule has 0 aromatic heterocycles. The van der Waals surface area contributed by atoms with E-state index in [2.05, 4.69) is 4.18 Å². The predicted molar refractivity (Wildman–Crippen MR) is 66.0 cm³/mol. The Morgan fingerprint density at radius 2 is 1.80 bits per heavy atom. The fourth-order valence-electron chi connectivity index (χ4n) is 1.67. The lowest BCUT2D eigenvalue weighted by molar-refractivity contribution is -0.0499. The molecule has 2 aromatic carbocycles. The minimum absolute atomic E-state index is 0.154. The average molecular weight is 306 g/mol. The number of aromatic hydroxyl groups is 1. The largest absolute Gasteiger partial charge is 0.534 e. The number of hydrogen-bond acceptors (Lipinski definition) is 4. The van der Waals surface area contributed by atoms with Crippen molar-refractivity contribution in [1.82, 2.24) is 0 Å². The van der Waals surface area contributed by atoms with Crippen LogP contribution >= 0.6 is 0 Å². The molecule has 0 unspecified atom stereocenters. The molecule has 2 aromatic rings. The van der Waals surface area contributed by atoms with Gasteiger partial charge in [0.2, 0.25) is 0 Å². The summed E-state index contributed by atoms with van der Waals surface area (Å²) in [7, 11) is -5.78. The highest BCUT2D eigenvalue weighted by Gasteiger charge is 2.48. The van der Waals surface area contributed by atoms with Crippen LogP contribution in [0.15, 0.2) is 30.3 Å². The van der Waals surface area contributed by atoms with Crippen molar-refractivity contribution in [3.8, 4) is 11.5 Å². The molecule has 0 saturated heterocycles. The molecule has 0 atom stereocenters. The first kappa shape index (κ1) is 14.4. The van der Waals surface area contributed by atoms with E-state index in [1.54, 1.807) is 19.1 Å². The Hall–Kier alpha value is -1.96. The van der Waals surface area contributed by atoms with Crippen LogP contribution in [0.2, 0.25) is 0 Å². The number of alkyl halides is 3. The number of aryl methyl sites for hydroxylation is 1. The highest BCUT2D eigenvalue weighted by atomic mass is 32.2. The van der Waals surface area contributed by atoms with Gasteiger partial charge in [-0.15, -0.1) is 0 Å². The summed E-state index contributed by atoms with van der Waals surface area (Å²) in [6.45, 7) is 1.75. The van der Waals surface area contributed by atoms with Crippen LogP contribution in [0.3, 0.4) is 0 Å². The molecule has 0 aliphatic heterocycles. The Kier molecular flexibility index (Phi) is 3.29. The van der Waals surface area contributed by atoms with E-state index in [9.17, 15) is 26.7 Å². The number of rotatable bonds is 2. The summed E-state index contributed by atoms with van der Waals surface area (Å²) >= 11 is 0. The van der Waals surface area contributed by atoms with Gasteiger partial charge in [0.05, 0.1) is 0 Å². The van der Waals surface area contributed by atoms with Crippen LogP contribution in [0, 0.1) is 6.92 Å². The number of benzene rings is 2. The van der Waals surface area contributed by atoms with E-state index >= 15 is 0 Å². The summed E-state index contributed by atoms with van der Waals surface area (Å²) in [5.41, 5.74) is -4.73. The van der Waals surface area contributed by atoms with Crippen molar-refractivity contribution in [3.05, 3.63) is 35.9 Å². The van der Waals surface area contributed by atoms with Crippen molar-refractivity contribution in [2.75, 3.05) is 0 Å². The maximum atomic E-state index is 12.3. The van der Waals surface area contributed by atoms with Gasteiger partial charge in [0, 0.05) is 11.5 Å². The second kappa shape index (κ2) is 4.55. The average Bonchev–Trinajstić information content (AvgIpc) is 2.25. The van der Waals surface area contributed by atoms with Gasteiger partial charge in [-0.3, -0.25) is 0 Å². The summed E-state index contributed by atoms with van der Waals surface area (Å²) < 4.78 is 63.0. The van der Waals surface area contributed by atoms with E-state index < -0.39 is 27.1 Å². The van der Waals surface area contributed by atoms with Crippen molar-refractivity contribution < 1.29 is 30.9 Å². The molecular formula is C12H9F3O4S. The first-order chi connectivity index (χ1) is 9.10. The van der Waals surface area contributed by atoms with Crippen LogP contribution in [0.25, 0.3) is 10.8 Å². The number of phenols is 1. The first-order valence-corrected chi connectivity index (χ1v) is 6.75. The number of fused-ring (bicyclic) bond motifs is 1. The van der Waals surface area contributed by atoms with E-state index in [1.807, 2.05) is 0 Å². The minimum atomic E-state index is -5.78. The van der Waals surface area contributed by atoms with Crippen LogP contribution in [0.1, 0.15) is 5.56 Å². The van der Waals surface area contributed by atoms with Crippen molar-refractivity contribution in [1.29, 1.82) is 0 Å². The third-order valence-corrected chi connectivity index (χ3v) is 3.50. The van der Waals surface area contributed by atoms with E-state index in [-0.39, 0.29) is 5.39 Å². The molecule has 108 valence electrons. The molecule has 0 fully saturated rings. The van der Waals surface area contributed by atoms with Gasteiger partial charge in [-0.2, -0.15) is 21.6 Å². The van der Waals surface area contributed by atoms with Crippen LogP contribution in [0.5, 0.6) is 11.5 Å². The maximum absolute atomic E-state index is 12.3. The third kappa shape index (κ3) is 2.64. The van der Waals surface area contributed by atoms with Crippen molar-refractivity contribution in [3.63, 3.8) is 0 Å². The van der Waals surface area contributed by atoms with Crippen LogP contribution in [-0.4, -0.2) is 19.0 Å². The third-order valence-electron chi connectivity index (χ3n) is 2.54. The van der Waals surface area contributed by atoms with E-state index in [4.69, 9.17) is 0 Å². The standard InChI is InChI=1S/C12H9F3O4S/c1-7-2-3-10-8(4-7)5-9(16)6-11(10)19-20(17,18)12(13,14)15/h2-6,16H,1H3. The highest BCUT2D eigenvalue weighted by molar-refractivity contribution is 7.88. The van der Waals surface area contributed by atoms with Crippen molar-refractivity contribution >= 4 is 20.9 Å². The molecule has 0 bridgehead atoms. The van der Waals surface area contributed by atoms with E-state index in [1.165, 1.54) is 12.1 Å². The minimum Gasteiger partial charge on any atom is -0.508 e. The summed E-state index contributed by atoms with van der Waals surface area (Å²) in [6.07, 6.45) is 0. The molecule has 2 rings (SSSR count). The lowest BCUT2D eigenvalue weighted by atomic mass is 10.1. The molecule has 20 heavy (non-hydrogen) atoms. The van der Waals surface area contributed by atoms with Gasteiger partial charge >= 0.3 is 15.6 Å². The van der Waals surface area contributed by atoms with Crippen LogP contribution in [-0.2, 0) is 10.1 Å². The molecule has 4 nitrogen and oxygen atoms in total. The molecule has 0 saturated carbocycles. The normalized spacial score (nSPS) is 12.6. The SMILES string of the molecule is Cc1ccc2c(OS(=O)(=O)C(F)(F)F)cc(O)cc2c1. The van der Waals surface area contributed by atoms with Gasteiger partial charge in [0.25, 0.3) is 0 Å². The van der Waals surface area contributed by atoms with Gasteiger partial charge in [-0.05, 0) is 18.4 Å². The molecular weight excluding hydrogens is 297 g/mol. The zero-order valence-corrected chi connectivity index (χ0v) is 10.9. The molecule has 0 amide bonds. The van der Waals surface area contributed by atoms with Crippen molar-refractivity contribution in [2.45, 2.75) is 12.4 Å². The summed E-state index contributed by atoms with van der Waals surface area (Å²) in [5.74, 6) is -0.965. The Labute approximate surface area is 112 Å².